The maximum absolute atomic E-state index is 11.1. The molecule has 21 heavy (non-hydrogen) atoms. The van der Waals surface area contributed by atoms with E-state index in [9.17, 15) is 14.9 Å². The smallest absolute Gasteiger partial charge is 0.407 e. The molecule has 1 saturated heterocycles. The van der Waals surface area contributed by atoms with Crippen LogP contribution in [-0.2, 0) is 11.3 Å². The van der Waals surface area contributed by atoms with Crippen molar-refractivity contribution >= 4 is 17.5 Å². The number of anilines is 1. The molecule has 0 aromatic heterocycles. The van der Waals surface area contributed by atoms with Gasteiger partial charge in [-0.1, -0.05) is 6.07 Å². The number of hydrogen-bond donors (Lipinski definition) is 2. The van der Waals surface area contributed by atoms with E-state index in [2.05, 4.69) is 15.0 Å². The number of hydrogen-bond acceptors (Lipinski definition) is 6. The maximum Gasteiger partial charge on any atom is 0.407 e. The first-order valence-electron chi connectivity index (χ1n) is 6.59. The van der Waals surface area contributed by atoms with Crippen molar-refractivity contribution < 1.29 is 14.5 Å². The number of benzene rings is 1. The lowest BCUT2D eigenvalue weighted by molar-refractivity contribution is -0.384. The van der Waals surface area contributed by atoms with E-state index < -0.39 is 11.0 Å². The Morgan fingerprint density at radius 2 is 2.38 bits per heavy atom. The molecule has 1 aliphatic rings. The Balaban J connectivity index is 1.96. The van der Waals surface area contributed by atoms with E-state index in [1.165, 1.54) is 13.2 Å². The second-order valence-electron chi connectivity index (χ2n) is 5.01. The minimum Gasteiger partial charge on any atom is -0.453 e. The van der Waals surface area contributed by atoms with Crippen molar-refractivity contribution in [2.45, 2.75) is 19.0 Å². The van der Waals surface area contributed by atoms with E-state index in [4.69, 9.17) is 5.73 Å². The van der Waals surface area contributed by atoms with Crippen LogP contribution < -0.4 is 11.1 Å². The van der Waals surface area contributed by atoms with Crippen LogP contribution in [-0.4, -0.2) is 42.2 Å². The number of nitrogens with one attached hydrogen (secondary N) is 1. The van der Waals surface area contributed by atoms with Gasteiger partial charge in [0.05, 0.1) is 12.0 Å². The highest BCUT2D eigenvalue weighted by Gasteiger charge is 2.24. The molecule has 8 nitrogen and oxygen atoms in total. The SMILES string of the molecule is COC(=O)NC1CCN(Cc2ccc(N)c([N+](=O)[O-])c2)C1. The van der Waals surface area contributed by atoms with Crippen molar-refractivity contribution in [1.82, 2.24) is 10.2 Å². The first-order chi connectivity index (χ1) is 9.99. The third kappa shape index (κ3) is 3.82. The van der Waals surface area contributed by atoms with Crippen LogP contribution in [0.15, 0.2) is 18.2 Å². The molecule has 8 heteroatoms. The Morgan fingerprint density at radius 1 is 1.62 bits per heavy atom. The van der Waals surface area contributed by atoms with Crippen molar-refractivity contribution in [2.24, 2.45) is 0 Å². The van der Waals surface area contributed by atoms with Gasteiger partial charge in [-0.3, -0.25) is 15.0 Å². The van der Waals surface area contributed by atoms with Crippen molar-refractivity contribution in [3.63, 3.8) is 0 Å². The van der Waals surface area contributed by atoms with Crippen LogP contribution in [0.1, 0.15) is 12.0 Å². The molecule has 1 aromatic carbocycles. The van der Waals surface area contributed by atoms with Gasteiger partial charge in [-0.05, 0) is 18.1 Å². The van der Waals surface area contributed by atoms with Crippen LogP contribution in [0, 0.1) is 10.1 Å². The van der Waals surface area contributed by atoms with Gasteiger partial charge in [0.2, 0.25) is 0 Å². The summed E-state index contributed by atoms with van der Waals surface area (Å²) in [6, 6.07) is 4.87. The van der Waals surface area contributed by atoms with Crippen LogP contribution in [0.2, 0.25) is 0 Å². The van der Waals surface area contributed by atoms with Crippen LogP contribution >= 0.6 is 0 Å². The van der Waals surface area contributed by atoms with Gasteiger partial charge in [-0.25, -0.2) is 4.79 Å². The summed E-state index contributed by atoms with van der Waals surface area (Å²) in [5.41, 5.74) is 6.49. The molecule has 0 radical (unpaired) electrons. The molecule has 1 fully saturated rings. The van der Waals surface area contributed by atoms with Crippen molar-refractivity contribution in [3.05, 3.63) is 33.9 Å². The van der Waals surface area contributed by atoms with Gasteiger partial charge in [0.15, 0.2) is 0 Å². The molecule has 1 aliphatic heterocycles. The van der Waals surface area contributed by atoms with Gasteiger partial charge in [0.1, 0.15) is 5.69 Å². The van der Waals surface area contributed by atoms with E-state index in [1.54, 1.807) is 12.1 Å². The Hall–Kier alpha value is -2.35. The van der Waals surface area contributed by atoms with E-state index in [0.29, 0.717) is 13.1 Å². The number of alkyl carbamates (subject to hydrolysis) is 1. The number of nitro benzene ring substituents is 1. The van der Waals surface area contributed by atoms with Gasteiger partial charge in [0, 0.05) is 31.7 Å². The first-order valence-corrected chi connectivity index (χ1v) is 6.59. The van der Waals surface area contributed by atoms with E-state index in [0.717, 1.165) is 18.5 Å². The number of methoxy groups -OCH3 is 1. The number of ether oxygens (including phenoxy) is 1. The van der Waals surface area contributed by atoms with Crippen LogP contribution in [0.5, 0.6) is 0 Å². The maximum atomic E-state index is 11.1. The molecule has 1 amide bonds. The summed E-state index contributed by atoms with van der Waals surface area (Å²) in [6.07, 6.45) is 0.386. The lowest BCUT2D eigenvalue weighted by atomic mass is 10.1. The molecule has 0 saturated carbocycles. The minimum atomic E-state index is -0.482. The second kappa shape index (κ2) is 6.40. The number of rotatable bonds is 4. The standard InChI is InChI=1S/C13H18N4O4/c1-21-13(18)15-10-4-5-16(8-10)7-9-2-3-11(14)12(6-9)17(19)20/h2-3,6,10H,4-5,7-8,14H2,1H3,(H,15,18). The summed E-state index contributed by atoms with van der Waals surface area (Å²) in [6.45, 7) is 2.08. The molecule has 114 valence electrons. The molecule has 1 aromatic rings. The summed E-state index contributed by atoms with van der Waals surface area (Å²) >= 11 is 0. The number of nitrogen functional groups attached to an aromatic ring is 1. The van der Waals surface area contributed by atoms with E-state index in [1.807, 2.05) is 0 Å². The number of nitrogens with zero attached hydrogens (tertiary/aromatic N) is 2. The molecule has 0 bridgehead atoms. The fraction of sp³-hybridized carbons (Fsp3) is 0.462. The zero-order valence-corrected chi connectivity index (χ0v) is 11.7. The van der Waals surface area contributed by atoms with Crippen LogP contribution in [0.25, 0.3) is 0 Å². The molecule has 0 spiro atoms. The highest BCUT2D eigenvalue weighted by Crippen LogP contribution is 2.24. The summed E-state index contributed by atoms with van der Waals surface area (Å²) in [4.78, 5) is 23.7. The summed E-state index contributed by atoms with van der Waals surface area (Å²) in [5.74, 6) is 0. The second-order valence-corrected chi connectivity index (χ2v) is 5.01. The van der Waals surface area contributed by atoms with Crippen LogP contribution in [0.4, 0.5) is 16.2 Å². The number of carbonyl (C=O) groups is 1. The Bertz CT molecular complexity index is 549. The number of likely N-dealkylation sites (tertiary alicyclic amines) is 1. The Kier molecular flexibility index (Phi) is 4.59. The van der Waals surface area contributed by atoms with Crippen molar-refractivity contribution in [2.75, 3.05) is 25.9 Å². The van der Waals surface area contributed by atoms with Gasteiger partial charge in [-0.2, -0.15) is 0 Å². The molecule has 2 rings (SSSR count). The van der Waals surface area contributed by atoms with Gasteiger partial charge < -0.3 is 15.8 Å². The topological polar surface area (TPSA) is 111 Å². The number of nitrogens with two attached hydrogens (primary N) is 1. The fourth-order valence-electron chi connectivity index (χ4n) is 2.42. The molecule has 1 unspecified atom stereocenters. The highest BCUT2D eigenvalue weighted by atomic mass is 16.6. The quantitative estimate of drug-likeness (QED) is 0.489. The Labute approximate surface area is 122 Å². The monoisotopic (exact) mass is 294 g/mol. The molecular weight excluding hydrogens is 276 g/mol. The molecular formula is C13H18N4O4. The van der Waals surface area contributed by atoms with E-state index >= 15 is 0 Å². The number of amides is 1. The predicted molar refractivity (Wildman–Crippen MR) is 76.7 cm³/mol. The zero-order chi connectivity index (χ0) is 15.4. The average molecular weight is 294 g/mol. The lowest BCUT2D eigenvalue weighted by Gasteiger charge is -2.16. The zero-order valence-electron chi connectivity index (χ0n) is 11.7. The number of carbonyl (C=O) groups excluding carboxylic acids is 1. The average Bonchev–Trinajstić information content (AvgIpc) is 2.87. The first kappa shape index (κ1) is 15.0. The Morgan fingerprint density at radius 3 is 3.05 bits per heavy atom. The molecule has 1 heterocycles. The summed E-state index contributed by atoms with van der Waals surface area (Å²) in [7, 11) is 1.33. The van der Waals surface area contributed by atoms with Gasteiger partial charge in [0.25, 0.3) is 5.69 Å². The third-order valence-corrected chi connectivity index (χ3v) is 3.48. The van der Waals surface area contributed by atoms with Gasteiger partial charge >= 0.3 is 6.09 Å². The van der Waals surface area contributed by atoms with E-state index in [-0.39, 0.29) is 17.4 Å². The summed E-state index contributed by atoms with van der Waals surface area (Å²) < 4.78 is 4.56. The fourth-order valence-corrected chi connectivity index (χ4v) is 2.42. The van der Waals surface area contributed by atoms with Crippen LogP contribution in [0.3, 0.4) is 0 Å². The molecule has 3 N–H and O–H groups in total. The minimum absolute atomic E-state index is 0.0428. The van der Waals surface area contributed by atoms with Crippen molar-refractivity contribution in [1.29, 1.82) is 0 Å². The van der Waals surface area contributed by atoms with Crippen molar-refractivity contribution in [3.8, 4) is 0 Å². The largest absolute Gasteiger partial charge is 0.453 e. The third-order valence-electron chi connectivity index (χ3n) is 3.48. The lowest BCUT2D eigenvalue weighted by Crippen LogP contribution is -2.36. The normalized spacial score (nSPS) is 18.4. The summed E-state index contributed by atoms with van der Waals surface area (Å²) in [5, 5.41) is 13.6. The van der Waals surface area contributed by atoms with Gasteiger partial charge in [-0.15, -0.1) is 0 Å². The highest BCUT2D eigenvalue weighted by molar-refractivity contribution is 5.67. The molecule has 1 atom stereocenters. The predicted octanol–water partition coefficient (Wildman–Crippen LogP) is 1.11. The molecule has 0 aliphatic carbocycles. The number of nitro groups is 1.